The molecular formula is C17H32N6. The highest BCUT2D eigenvalue weighted by Crippen LogP contribution is 2.09. The van der Waals surface area contributed by atoms with Crippen molar-refractivity contribution < 1.29 is 0 Å². The van der Waals surface area contributed by atoms with Gasteiger partial charge in [0.1, 0.15) is 0 Å². The Kier molecular flexibility index (Phi) is 7.93. The lowest BCUT2D eigenvalue weighted by atomic mass is 10.2. The van der Waals surface area contributed by atoms with Gasteiger partial charge in [-0.15, -0.1) is 0 Å². The van der Waals surface area contributed by atoms with Crippen molar-refractivity contribution >= 4 is 5.96 Å². The maximum Gasteiger partial charge on any atom is 0.190 e. The fraction of sp³-hybridized carbons (Fsp3) is 0.765. The second-order valence-corrected chi connectivity index (χ2v) is 6.31. The summed E-state index contributed by atoms with van der Waals surface area (Å²) in [6.07, 6.45) is 11.6. The Morgan fingerprint density at radius 2 is 1.91 bits per heavy atom. The van der Waals surface area contributed by atoms with Crippen molar-refractivity contribution in [2.45, 2.75) is 38.5 Å². The highest BCUT2D eigenvalue weighted by atomic mass is 15.2. The van der Waals surface area contributed by atoms with Gasteiger partial charge in [-0.25, -0.2) is 0 Å². The Morgan fingerprint density at radius 3 is 2.57 bits per heavy atom. The third-order valence-electron chi connectivity index (χ3n) is 4.33. The van der Waals surface area contributed by atoms with Crippen molar-refractivity contribution in [1.82, 2.24) is 25.3 Å². The zero-order chi connectivity index (χ0) is 16.3. The van der Waals surface area contributed by atoms with Crippen molar-refractivity contribution in [1.29, 1.82) is 0 Å². The van der Waals surface area contributed by atoms with Gasteiger partial charge in [0.2, 0.25) is 0 Å². The lowest BCUT2D eigenvalue weighted by molar-refractivity contribution is 0.282. The first kappa shape index (κ1) is 17.8. The largest absolute Gasteiger partial charge is 0.356 e. The number of aromatic nitrogens is 2. The molecule has 2 rings (SSSR count). The van der Waals surface area contributed by atoms with Crippen LogP contribution in [0.4, 0.5) is 0 Å². The van der Waals surface area contributed by atoms with E-state index < -0.39 is 0 Å². The van der Waals surface area contributed by atoms with Crippen molar-refractivity contribution in [2.24, 2.45) is 12.0 Å². The predicted molar refractivity (Wildman–Crippen MR) is 95.8 cm³/mol. The molecule has 0 saturated carbocycles. The molecule has 23 heavy (non-hydrogen) atoms. The fourth-order valence-electron chi connectivity index (χ4n) is 3.02. The highest BCUT2D eigenvalue weighted by molar-refractivity contribution is 5.79. The smallest absolute Gasteiger partial charge is 0.190 e. The van der Waals surface area contributed by atoms with Crippen molar-refractivity contribution in [3.8, 4) is 0 Å². The Morgan fingerprint density at radius 1 is 1.17 bits per heavy atom. The van der Waals surface area contributed by atoms with E-state index >= 15 is 0 Å². The van der Waals surface area contributed by atoms with Crippen LogP contribution in [0.25, 0.3) is 0 Å². The molecule has 1 aromatic heterocycles. The maximum atomic E-state index is 4.28. The van der Waals surface area contributed by atoms with E-state index in [0.29, 0.717) is 0 Å². The quantitative estimate of drug-likeness (QED) is 0.453. The third kappa shape index (κ3) is 7.03. The molecule has 0 unspecified atom stereocenters. The molecule has 0 radical (unpaired) electrons. The Labute approximate surface area is 140 Å². The van der Waals surface area contributed by atoms with Crippen molar-refractivity contribution in [3.63, 3.8) is 0 Å². The van der Waals surface area contributed by atoms with Gasteiger partial charge in [0.15, 0.2) is 5.96 Å². The normalized spacial score (nSPS) is 17.0. The summed E-state index contributed by atoms with van der Waals surface area (Å²) in [4.78, 5) is 6.89. The molecule has 0 aromatic carbocycles. The first-order chi connectivity index (χ1) is 11.3. The maximum absolute atomic E-state index is 4.28. The van der Waals surface area contributed by atoms with Gasteiger partial charge in [0, 0.05) is 33.4 Å². The van der Waals surface area contributed by atoms with Gasteiger partial charge < -0.3 is 15.5 Å². The number of nitrogens with zero attached hydrogens (tertiary/aromatic N) is 4. The SMILES string of the molecule is CN=C(NCCCN1CCCCCC1)NCCc1cnn(C)c1. The van der Waals surface area contributed by atoms with E-state index in [1.165, 1.54) is 57.3 Å². The predicted octanol–water partition coefficient (Wildman–Crippen LogP) is 1.39. The summed E-state index contributed by atoms with van der Waals surface area (Å²) in [7, 11) is 3.77. The molecule has 0 atom stereocenters. The molecule has 6 nitrogen and oxygen atoms in total. The van der Waals surface area contributed by atoms with Crippen LogP contribution in [0.1, 0.15) is 37.7 Å². The molecule has 6 heteroatoms. The number of hydrogen-bond donors (Lipinski definition) is 2. The average molecular weight is 320 g/mol. The van der Waals surface area contributed by atoms with Crippen LogP contribution in [0, 0.1) is 0 Å². The van der Waals surface area contributed by atoms with Gasteiger partial charge in [0.05, 0.1) is 6.20 Å². The van der Waals surface area contributed by atoms with Crippen molar-refractivity contribution in [3.05, 3.63) is 18.0 Å². The number of nitrogens with one attached hydrogen (secondary N) is 2. The van der Waals surface area contributed by atoms with Gasteiger partial charge in [-0.2, -0.15) is 5.10 Å². The molecular weight excluding hydrogens is 288 g/mol. The zero-order valence-corrected chi connectivity index (χ0v) is 14.7. The van der Waals surface area contributed by atoms with E-state index in [9.17, 15) is 0 Å². The van der Waals surface area contributed by atoms with Crippen molar-refractivity contribution in [2.75, 3.05) is 39.8 Å². The number of hydrogen-bond acceptors (Lipinski definition) is 3. The molecule has 1 saturated heterocycles. The molecule has 0 bridgehead atoms. The van der Waals surface area contributed by atoms with Crippen LogP contribution in [0.5, 0.6) is 0 Å². The Bertz CT molecular complexity index is 459. The monoisotopic (exact) mass is 320 g/mol. The van der Waals surface area contributed by atoms with E-state index in [4.69, 9.17) is 0 Å². The molecule has 130 valence electrons. The highest BCUT2D eigenvalue weighted by Gasteiger charge is 2.08. The zero-order valence-electron chi connectivity index (χ0n) is 14.7. The summed E-state index contributed by atoms with van der Waals surface area (Å²) in [6.45, 7) is 5.59. The van der Waals surface area contributed by atoms with Gasteiger partial charge in [-0.3, -0.25) is 9.67 Å². The fourth-order valence-corrected chi connectivity index (χ4v) is 3.02. The summed E-state index contributed by atoms with van der Waals surface area (Å²) < 4.78 is 1.84. The van der Waals surface area contributed by atoms with Gasteiger partial charge in [-0.05, 0) is 50.9 Å². The number of aryl methyl sites for hydroxylation is 1. The van der Waals surface area contributed by atoms with Crippen LogP contribution < -0.4 is 10.6 Å². The van der Waals surface area contributed by atoms with E-state index in [0.717, 1.165) is 25.5 Å². The standard InChI is InChI=1S/C17H32N6/c1-18-17(20-10-8-16-14-21-22(2)15-16)19-9-7-13-23-11-5-3-4-6-12-23/h14-15H,3-13H2,1-2H3,(H2,18,19,20). The Balaban J connectivity index is 1.55. The molecule has 1 aliphatic heterocycles. The van der Waals surface area contributed by atoms with Crippen LogP contribution in [0.15, 0.2) is 17.4 Å². The summed E-state index contributed by atoms with van der Waals surface area (Å²) in [5, 5.41) is 11.0. The minimum Gasteiger partial charge on any atom is -0.356 e. The summed E-state index contributed by atoms with van der Waals surface area (Å²) in [5.41, 5.74) is 1.25. The van der Waals surface area contributed by atoms with E-state index in [2.05, 4.69) is 31.8 Å². The van der Waals surface area contributed by atoms with Gasteiger partial charge in [-0.1, -0.05) is 12.8 Å². The van der Waals surface area contributed by atoms with Crippen LogP contribution in [0.3, 0.4) is 0 Å². The number of guanidine groups is 1. The van der Waals surface area contributed by atoms with Gasteiger partial charge >= 0.3 is 0 Å². The number of aliphatic imine (C=N–C) groups is 1. The molecule has 0 aliphatic carbocycles. The summed E-state index contributed by atoms with van der Waals surface area (Å²) in [6, 6.07) is 0. The number of rotatable bonds is 7. The molecule has 1 aliphatic rings. The van der Waals surface area contributed by atoms with Crippen LogP contribution in [0.2, 0.25) is 0 Å². The topological polar surface area (TPSA) is 57.5 Å². The molecule has 0 amide bonds. The molecule has 2 heterocycles. The second kappa shape index (κ2) is 10.3. The van der Waals surface area contributed by atoms with Crippen LogP contribution in [-0.4, -0.2) is 60.4 Å². The van der Waals surface area contributed by atoms with E-state index in [1.807, 2.05) is 25.0 Å². The minimum absolute atomic E-state index is 0.873. The first-order valence-corrected chi connectivity index (χ1v) is 8.92. The summed E-state index contributed by atoms with van der Waals surface area (Å²) >= 11 is 0. The lowest BCUT2D eigenvalue weighted by Gasteiger charge is -2.20. The first-order valence-electron chi connectivity index (χ1n) is 8.92. The lowest BCUT2D eigenvalue weighted by Crippen LogP contribution is -2.39. The summed E-state index contributed by atoms with van der Waals surface area (Å²) in [5.74, 6) is 0.893. The van der Waals surface area contributed by atoms with Gasteiger partial charge in [0.25, 0.3) is 0 Å². The van der Waals surface area contributed by atoms with E-state index in [1.54, 1.807) is 0 Å². The molecule has 1 aromatic rings. The Hall–Kier alpha value is -1.56. The number of likely N-dealkylation sites (tertiary alicyclic amines) is 1. The third-order valence-corrected chi connectivity index (χ3v) is 4.33. The molecule has 2 N–H and O–H groups in total. The van der Waals surface area contributed by atoms with Crippen LogP contribution in [-0.2, 0) is 13.5 Å². The average Bonchev–Trinajstić information content (AvgIpc) is 2.81. The molecule has 1 fully saturated rings. The molecule has 0 spiro atoms. The van der Waals surface area contributed by atoms with Crippen LogP contribution >= 0.6 is 0 Å². The second-order valence-electron chi connectivity index (χ2n) is 6.31. The minimum atomic E-state index is 0.873. The van der Waals surface area contributed by atoms with E-state index in [-0.39, 0.29) is 0 Å².